The second-order valence-electron chi connectivity index (χ2n) is 3.46. The summed E-state index contributed by atoms with van der Waals surface area (Å²) in [4.78, 5) is 11.1. The number of ether oxygens (including phenoxy) is 2. The van der Waals surface area contributed by atoms with Gasteiger partial charge in [0.15, 0.2) is 0 Å². The molecule has 0 saturated heterocycles. The minimum atomic E-state index is -0.322. The maximum absolute atomic E-state index is 11.1. The highest BCUT2D eigenvalue weighted by Crippen LogP contribution is 2.23. The van der Waals surface area contributed by atoms with Crippen LogP contribution >= 0.6 is 0 Å². The Labute approximate surface area is 108 Å². The lowest BCUT2D eigenvalue weighted by Crippen LogP contribution is -2.04. The molecule has 0 unspecified atom stereocenters. The molecule has 1 aromatic carbocycles. The van der Waals surface area contributed by atoms with Gasteiger partial charge < -0.3 is 14.8 Å². The molecule has 0 bridgehead atoms. The Balaban J connectivity index is 2.46. The molecule has 0 radical (unpaired) electrons. The van der Waals surface area contributed by atoms with Crippen molar-refractivity contribution in [1.82, 2.24) is 0 Å². The topological polar surface area (TPSA) is 47.6 Å². The number of hydrogen-bond donors (Lipinski definition) is 1. The van der Waals surface area contributed by atoms with Gasteiger partial charge in [-0.25, -0.2) is 4.79 Å². The minimum absolute atomic E-state index is 0.322. The fourth-order valence-corrected chi connectivity index (χ4v) is 1.41. The molecule has 0 aliphatic rings. The Hall–Kier alpha value is -1.97. The van der Waals surface area contributed by atoms with E-state index >= 15 is 0 Å². The zero-order valence-electron chi connectivity index (χ0n) is 10.8. The quantitative estimate of drug-likeness (QED) is 0.596. The molecule has 0 aliphatic carbocycles. The molecule has 0 aliphatic heterocycles. The third-order valence-electron chi connectivity index (χ3n) is 2.14. The summed E-state index contributed by atoms with van der Waals surface area (Å²) in [5.74, 6) is 0.488. The van der Waals surface area contributed by atoms with Crippen LogP contribution in [0.15, 0.2) is 36.4 Å². The molecular weight excluding hydrogens is 230 g/mol. The summed E-state index contributed by atoms with van der Waals surface area (Å²) in [7, 11) is 0. The van der Waals surface area contributed by atoms with E-state index in [1.54, 1.807) is 13.0 Å². The SMILES string of the molecule is CCOC(=O)/C=C/CNc1ccccc1OCC. The van der Waals surface area contributed by atoms with Crippen molar-refractivity contribution < 1.29 is 14.3 Å². The van der Waals surface area contributed by atoms with Gasteiger partial charge in [0.1, 0.15) is 5.75 Å². The fraction of sp³-hybridized carbons (Fsp3) is 0.357. The molecule has 0 spiro atoms. The van der Waals surface area contributed by atoms with Gasteiger partial charge in [0, 0.05) is 12.6 Å². The van der Waals surface area contributed by atoms with Crippen LogP contribution in [0.4, 0.5) is 5.69 Å². The highest BCUT2D eigenvalue weighted by molar-refractivity contribution is 5.81. The van der Waals surface area contributed by atoms with Crippen LogP contribution in [0.25, 0.3) is 0 Å². The van der Waals surface area contributed by atoms with Gasteiger partial charge in [0.2, 0.25) is 0 Å². The van der Waals surface area contributed by atoms with Crippen LogP contribution in [0.3, 0.4) is 0 Å². The van der Waals surface area contributed by atoms with E-state index < -0.39 is 0 Å². The molecule has 0 heterocycles. The van der Waals surface area contributed by atoms with Crippen LogP contribution in [0.2, 0.25) is 0 Å². The Morgan fingerprint density at radius 1 is 1.28 bits per heavy atom. The number of anilines is 1. The Kier molecular flexibility index (Phi) is 6.40. The van der Waals surface area contributed by atoms with Crippen molar-refractivity contribution in [2.75, 3.05) is 25.1 Å². The predicted molar refractivity (Wildman–Crippen MR) is 71.9 cm³/mol. The number of para-hydroxylation sites is 2. The van der Waals surface area contributed by atoms with Crippen molar-refractivity contribution in [2.24, 2.45) is 0 Å². The number of hydrogen-bond acceptors (Lipinski definition) is 4. The van der Waals surface area contributed by atoms with Gasteiger partial charge >= 0.3 is 5.97 Å². The summed E-state index contributed by atoms with van der Waals surface area (Å²) < 4.78 is 10.3. The van der Waals surface area contributed by atoms with Gasteiger partial charge in [0.05, 0.1) is 18.9 Å². The first-order chi connectivity index (χ1) is 8.77. The van der Waals surface area contributed by atoms with Crippen molar-refractivity contribution in [1.29, 1.82) is 0 Å². The molecule has 18 heavy (non-hydrogen) atoms. The average molecular weight is 249 g/mol. The van der Waals surface area contributed by atoms with Gasteiger partial charge in [0.25, 0.3) is 0 Å². The molecule has 98 valence electrons. The zero-order chi connectivity index (χ0) is 13.2. The number of carbonyl (C=O) groups excluding carboxylic acids is 1. The fourth-order valence-electron chi connectivity index (χ4n) is 1.41. The van der Waals surface area contributed by atoms with E-state index in [4.69, 9.17) is 9.47 Å². The van der Waals surface area contributed by atoms with E-state index in [1.807, 2.05) is 31.2 Å². The Morgan fingerprint density at radius 3 is 2.78 bits per heavy atom. The molecule has 0 aromatic heterocycles. The normalized spacial score (nSPS) is 10.3. The van der Waals surface area contributed by atoms with Gasteiger partial charge in [-0.1, -0.05) is 18.2 Å². The van der Waals surface area contributed by atoms with E-state index in [0.717, 1.165) is 11.4 Å². The molecule has 0 saturated carbocycles. The Morgan fingerprint density at radius 2 is 2.06 bits per heavy atom. The standard InChI is InChI=1S/C14H19NO3/c1-3-17-13-9-6-5-8-12(13)15-11-7-10-14(16)18-4-2/h5-10,15H,3-4,11H2,1-2H3/b10-7+. The van der Waals surface area contributed by atoms with E-state index in [9.17, 15) is 4.79 Å². The molecule has 1 rings (SSSR count). The highest BCUT2D eigenvalue weighted by Gasteiger charge is 1.99. The molecule has 4 heteroatoms. The van der Waals surface area contributed by atoms with Gasteiger partial charge in [-0.15, -0.1) is 0 Å². The van der Waals surface area contributed by atoms with E-state index in [0.29, 0.717) is 19.8 Å². The number of esters is 1. The maximum atomic E-state index is 11.1. The lowest BCUT2D eigenvalue weighted by molar-refractivity contribution is -0.137. The maximum Gasteiger partial charge on any atom is 0.330 e. The first kappa shape index (κ1) is 14.1. The molecular formula is C14H19NO3. The van der Waals surface area contributed by atoms with Gasteiger partial charge in [-0.3, -0.25) is 0 Å². The minimum Gasteiger partial charge on any atom is -0.492 e. The summed E-state index contributed by atoms with van der Waals surface area (Å²) in [6, 6.07) is 7.69. The van der Waals surface area contributed by atoms with Crippen molar-refractivity contribution in [3.05, 3.63) is 36.4 Å². The van der Waals surface area contributed by atoms with Crippen molar-refractivity contribution in [2.45, 2.75) is 13.8 Å². The van der Waals surface area contributed by atoms with Crippen molar-refractivity contribution in [3.8, 4) is 5.75 Å². The molecule has 0 atom stereocenters. The number of benzene rings is 1. The van der Waals surface area contributed by atoms with Crippen LogP contribution in [0.5, 0.6) is 5.75 Å². The Bertz CT molecular complexity index is 402. The largest absolute Gasteiger partial charge is 0.492 e. The first-order valence-electron chi connectivity index (χ1n) is 6.07. The molecule has 1 aromatic rings. The monoisotopic (exact) mass is 249 g/mol. The summed E-state index contributed by atoms with van der Waals surface area (Å²) in [5.41, 5.74) is 0.910. The third kappa shape index (κ3) is 4.91. The summed E-state index contributed by atoms with van der Waals surface area (Å²) in [6.07, 6.45) is 3.14. The average Bonchev–Trinajstić information content (AvgIpc) is 2.37. The molecule has 1 N–H and O–H groups in total. The zero-order valence-corrected chi connectivity index (χ0v) is 10.8. The number of rotatable bonds is 7. The predicted octanol–water partition coefficient (Wildman–Crippen LogP) is 2.62. The van der Waals surface area contributed by atoms with Crippen molar-refractivity contribution in [3.63, 3.8) is 0 Å². The number of carbonyl (C=O) groups is 1. The lowest BCUT2D eigenvalue weighted by Gasteiger charge is -2.10. The molecule has 4 nitrogen and oxygen atoms in total. The van der Waals surface area contributed by atoms with E-state index in [-0.39, 0.29) is 5.97 Å². The number of nitrogens with one attached hydrogen (secondary N) is 1. The molecule has 0 amide bonds. The van der Waals surface area contributed by atoms with Crippen molar-refractivity contribution >= 4 is 11.7 Å². The van der Waals surface area contributed by atoms with E-state index in [2.05, 4.69) is 5.32 Å². The second kappa shape index (κ2) is 8.17. The van der Waals surface area contributed by atoms with Gasteiger partial charge in [-0.05, 0) is 26.0 Å². The van der Waals surface area contributed by atoms with Crippen LogP contribution in [0, 0.1) is 0 Å². The summed E-state index contributed by atoms with van der Waals surface area (Å²) in [5, 5.41) is 3.18. The summed E-state index contributed by atoms with van der Waals surface area (Å²) in [6.45, 7) is 5.28. The lowest BCUT2D eigenvalue weighted by atomic mass is 10.3. The van der Waals surface area contributed by atoms with Crippen LogP contribution in [-0.2, 0) is 9.53 Å². The summed E-state index contributed by atoms with van der Waals surface area (Å²) >= 11 is 0. The molecule has 0 fully saturated rings. The third-order valence-corrected chi connectivity index (χ3v) is 2.14. The highest BCUT2D eigenvalue weighted by atomic mass is 16.5. The smallest absolute Gasteiger partial charge is 0.330 e. The second-order valence-corrected chi connectivity index (χ2v) is 3.46. The first-order valence-corrected chi connectivity index (χ1v) is 6.07. The van der Waals surface area contributed by atoms with E-state index in [1.165, 1.54) is 6.08 Å². The van der Waals surface area contributed by atoms with Gasteiger partial charge in [-0.2, -0.15) is 0 Å². The van der Waals surface area contributed by atoms with Crippen LogP contribution in [-0.4, -0.2) is 25.7 Å². The van der Waals surface area contributed by atoms with Crippen LogP contribution in [0.1, 0.15) is 13.8 Å². The van der Waals surface area contributed by atoms with Crippen LogP contribution < -0.4 is 10.1 Å².